The van der Waals surface area contributed by atoms with Gasteiger partial charge in [0.2, 0.25) is 0 Å². The number of phenolic OH excluding ortho intramolecular Hbond substituents is 1. The van der Waals surface area contributed by atoms with E-state index in [0.717, 1.165) is 24.3 Å². The Hall–Kier alpha value is -2.03. The van der Waals surface area contributed by atoms with E-state index in [1.165, 1.54) is 31.2 Å². The van der Waals surface area contributed by atoms with Gasteiger partial charge in [-0.3, -0.25) is 4.98 Å². The monoisotopic (exact) mass is 335 g/mol. The summed E-state index contributed by atoms with van der Waals surface area (Å²) in [5.74, 6) is 2.67. The van der Waals surface area contributed by atoms with E-state index < -0.39 is 0 Å². The van der Waals surface area contributed by atoms with Crippen molar-refractivity contribution < 1.29 is 9.84 Å². The Morgan fingerprint density at radius 1 is 1.12 bits per heavy atom. The van der Waals surface area contributed by atoms with Gasteiger partial charge in [0.1, 0.15) is 17.1 Å². The Balaban J connectivity index is 1.41. The van der Waals surface area contributed by atoms with Crippen LogP contribution in [-0.2, 0) is 6.42 Å². The third-order valence-corrected chi connectivity index (χ3v) is 7.39. The summed E-state index contributed by atoms with van der Waals surface area (Å²) in [5, 5.41) is 9.55. The molecule has 1 aromatic carbocycles. The van der Waals surface area contributed by atoms with E-state index in [1.54, 1.807) is 0 Å². The van der Waals surface area contributed by atoms with E-state index in [2.05, 4.69) is 30.1 Å². The average Bonchev–Trinajstić information content (AvgIpc) is 3.14. The minimum Gasteiger partial charge on any atom is -0.508 e. The van der Waals surface area contributed by atoms with Crippen LogP contribution in [0.1, 0.15) is 56.2 Å². The number of aromatic hydroxyl groups is 1. The van der Waals surface area contributed by atoms with Crippen LogP contribution in [0.25, 0.3) is 0 Å². The number of aromatic nitrogens is 1. The topological polar surface area (TPSA) is 42.4 Å². The summed E-state index contributed by atoms with van der Waals surface area (Å²) in [6.07, 6.45) is 8.89. The molecule has 2 saturated carbocycles. The summed E-state index contributed by atoms with van der Waals surface area (Å²) in [7, 11) is 0. The Bertz CT molecular complexity index is 775. The van der Waals surface area contributed by atoms with Gasteiger partial charge in [-0.05, 0) is 73.8 Å². The highest BCUT2D eigenvalue weighted by Crippen LogP contribution is 2.63. The molecule has 3 nitrogen and oxygen atoms in total. The van der Waals surface area contributed by atoms with Crippen LogP contribution in [0.3, 0.4) is 0 Å². The largest absolute Gasteiger partial charge is 0.508 e. The summed E-state index contributed by atoms with van der Waals surface area (Å²) in [5.41, 5.74) is 2.71. The Morgan fingerprint density at radius 2 is 1.96 bits per heavy atom. The molecule has 130 valence electrons. The van der Waals surface area contributed by atoms with Crippen molar-refractivity contribution in [2.75, 3.05) is 0 Å². The molecule has 2 aliphatic carbocycles. The first-order chi connectivity index (χ1) is 12.1. The van der Waals surface area contributed by atoms with E-state index in [9.17, 15) is 5.11 Å². The quantitative estimate of drug-likeness (QED) is 0.810. The fraction of sp³-hybridized carbons (Fsp3) is 0.500. The lowest BCUT2D eigenvalue weighted by Crippen LogP contribution is -2.50. The van der Waals surface area contributed by atoms with Crippen molar-refractivity contribution in [3.63, 3.8) is 0 Å². The summed E-state index contributed by atoms with van der Waals surface area (Å²) >= 11 is 0. The minimum atomic E-state index is -0.0473. The molecule has 3 unspecified atom stereocenters. The molecule has 0 bridgehead atoms. The van der Waals surface area contributed by atoms with Crippen LogP contribution in [0.15, 0.2) is 42.6 Å². The lowest BCUT2D eigenvalue weighted by molar-refractivity contribution is -0.0518. The number of phenols is 1. The molecular weight excluding hydrogens is 310 g/mol. The van der Waals surface area contributed by atoms with Crippen LogP contribution >= 0.6 is 0 Å². The van der Waals surface area contributed by atoms with Crippen molar-refractivity contribution in [3.05, 3.63) is 53.9 Å². The standard InChI is InChI=1S/C22H25NO2/c1-21-10-8-16(15-4-6-18(24)7-5-15)13-17(21)9-11-22(21)14-19-20(25-22)3-2-12-23-19/h2-7,12,16-17,24H,8-11,13-14H2,1H3/t16?,17?,21?,22-/m0/s1. The maximum absolute atomic E-state index is 9.55. The second-order valence-corrected chi connectivity index (χ2v) is 8.44. The molecule has 0 saturated heterocycles. The lowest BCUT2D eigenvalue weighted by Gasteiger charge is -2.48. The zero-order valence-electron chi connectivity index (χ0n) is 14.7. The summed E-state index contributed by atoms with van der Waals surface area (Å²) in [4.78, 5) is 4.57. The van der Waals surface area contributed by atoms with Gasteiger partial charge < -0.3 is 9.84 Å². The lowest BCUT2D eigenvalue weighted by atomic mass is 9.59. The van der Waals surface area contributed by atoms with E-state index in [1.807, 2.05) is 24.4 Å². The number of pyridine rings is 1. The van der Waals surface area contributed by atoms with Gasteiger partial charge in [0, 0.05) is 18.0 Å². The van der Waals surface area contributed by atoms with Gasteiger partial charge in [-0.25, -0.2) is 0 Å². The molecular formula is C22H25NO2. The first-order valence-electron chi connectivity index (χ1n) is 9.51. The van der Waals surface area contributed by atoms with E-state index in [0.29, 0.717) is 17.6 Å². The van der Waals surface area contributed by atoms with Gasteiger partial charge >= 0.3 is 0 Å². The molecule has 2 fully saturated rings. The molecule has 2 aromatic rings. The van der Waals surface area contributed by atoms with E-state index >= 15 is 0 Å². The van der Waals surface area contributed by atoms with Gasteiger partial charge in [-0.2, -0.15) is 0 Å². The first-order valence-corrected chi connectivity index (χ1v) is 9.51. The molecule has 1 spiro atoms. The molecule has 25 heavy (non-hydrogen) atoms. The number of ether oxygens (including phenoxy) is 1. The normalized spacial score (nSPS) is 36.0. The van der Waals surface area contributed by atoms with Gasteiger partial charge in [-0.15, -0.1) is 0 Å². The van der Waals surface area contributed by atoms with Crippen molar-refractivity contribution in [1.82, 2.24) is 4.98 Å². The van der Waals surface area contributed by atoms with Crippen molar-refractivity contribution in [1.29, 1.82) is 0 Å². The SMILES string of the molecule is CC12CCC(c3ccc(O)cc3)CC1CC[C@]21Cc2ncccc2O1. The Labute approximate surface area is 149 Å². The Morgan fingerprint density at radius 3 is 2.76 bits per heavy atom. The van der Waals surface area contributed by atoms with Gasteiger partial charge in [0.25, 0.3) is 0 Å². The summed E-state index contributed by atoms with van der Waals surface area (Å²) in [6, 6.07) is 11.9. The highest BCUT2D eigenvalue weighted by molar-refractivity contribution is 5.37. The summed E-state index contributed by atoms with van der Waals surface area (Å²) in [6.45, 7) is 2.46. The molecule has 2 heterocycles. The highest BCUT2D eigenvalue weighted by atomic mass is 16.5. The van der Waals surface area contributed by atoms with Crippen molar-refractivity contribution in [2.45, 2.75) is 57.0 Å². The number of fused-ring (bicyclic) bond motifs is 3. The zero-order chi connectivity index (χ0) is 17.1. The molecule has 3 heteroatoms. The number of rotatable bonds is 1. The van der Waals surface area contributed by atoms with Crippen molar-refractivity contribution in [2.24, 2.45) is 11.3 Å². The number of benzene rings is 1. The number of hydrogen-bond acceptors (Lipinski definition) is 3. The van der Waals surface area contributed by atoms with Crippen LogP contribution < -0.4 is 4.74 Å². The predicted molar refractivity (Wildman–Crippen MR) is 96.8 cm³/mol. The first kappa shape index (κ1) is 15.2. The molecule has 0 amide bonds. The zero-order valence-corrected chi connectivity index (χ0v) is 14.7. The third-order valence-electron chi connectivity index (χ3n) is 7.39. The molecule has 4 atom stereocenters. The minimum absolute atomic E-state index is 0.0473. The molecule has 5 rings (SSSR count). The summed E-state index contributed by atoms with van der Waals surface area (Å²) < 4.78 is 6.59. The third kappa shape index (κ3) is 2.14. The van der Waals surface area contributed by atoms with Crippen molar-refractivity contribution in [3.8, 4) is 11.5 Å². The second-order valence-electron chi connectivity index (χ2n) is 8.44. The van der Waals surface area contributed by atoms with Crippen molar-refractivity contribution >= 4 is 0 Å². The highest BCUT2D eigenvalue weighted by Gasteiger charge is 2.62. The number of nitrogens with zero attached hydrogens (tertiary/aromatic N) is 1. The van der Waals surface area contributed by atoms with Crippen LogP contribution in [0, 0.1) is 11.3 Å². The maximum atomic E-state index is 9.55. The van der Waals surface area contributed by atoms with Crippen LogP contribution in [-0.4, -0.2) is 15.7 Å². The maximum Gasteiger partial charge on any atom is 0.141 e. The van der Waals surface area contributed by atoms with E-state index in [-0.39, 0.29) is 11.0 Å². The van der Waals surface area contributed by atoms with Crippen LogP contribution in [0.5, 0.6) is 11.5 Å². The molecule has 1 N–H and O–H groups in total. The van der Waals surface area contributed by atoms with Gasteiger partial charge in [0.15, 0.2) is 0 Å². The average molecular weight is 335 g/mol. The van der Waals surface area contributed by atoms with E-state index in [4.69, 9.17) is 4.74 Å². The fourth-order valence-electron chi connectivity index (χ4n) is 5.80. The Kier molecular flexibility index (Phi) is 3.19. The van der Waals surface area contributed by atoms with Gasteiger partial charge in [0.05, 0.1) is 5.69 Å². The second kappa shape index (κ2) is 5.23. The molecule has 3 aliphatic rings. The fourth-order valence-corrected chi connectivity index (χ4v) is 5.80. The van der Waals surface area contributed by atoms with Crippen LogP contribution in [0.2, 0.25) is 0 Å². The van der Waals surface area contributed by atoms with Crippen LogP contribution in [0.4, 0.5) is 0 Å². The smallest absolute Gasteiger partial charge is 0.141 e. The predicted octanol–water partition coefficient (Wildman–Crippen LogP) is 4.84. The number of hydrogen-bond donors (Lipinski definition) is 1. The molecule has 0 radical (unpaired) electrons. The molecule has 1 aliphatic heterocycles. The molecule has 1 aromatic heterocycles. The van der Waals surface area contributed by atoms with Gasteiger partial charge in [-0.1, -0.05) is 19.1 Å².